The van der Waals surface area contributed by atoms with E-state index in [1.54, 1.807) is 0 Å². The molecule has 3 aromatic rings. The minimum absolute atomic E-state index is 0.0288. The molecular weight excluding hydrogens is 382 g/mol. The molecule has 1 amide bonds. The van der Waals surface area contributed by atoms with E-state index < -0.39 is 27.1 Å². The molecule has 132 valence electrons. The van der Waals surface area contributed by atoms with Gasteiger partial charge < -0.3 is 0 Å². The number of rotatable bonds is 5. The van der Waals surface area contributed by atoms with Crippen LogP contribution in [0.4, 0.5) is 16.5 Å². The van der Waals surface area contributed by atoms with E-state index in [1.807, 2.05) is 17.5 Å². The fourth-order valence-corrected chi connectivity index (χ4v) is 3.68. The number of hydrogen-bond acceptors (Lipinski definition) is 9. The number of aromatic nitrogens is 2. The van der Waals surface area contributed by atoms with E-state index >= 15 is 0 Å². The van der Waals surface area contributed by atoms with Gasteiger partial charge in [0, 0.05) is 11.6 Å². The summed E-state index contributed by atoms with van der Waals surface area (Å²) in [7, 11) is 0. The molecule has 0 spiro atoms. The Bertz CT molecular complexity index is 1010. The quantitative estimate of drug-likeness (QED) is 0.517. The topological polar surface area (TPSA) is 141 Å². The van der Waals surface area contributed by atoms with E-state index in [-0.39, 0.29) is 16.3 Å². The van der Waals surface area contributed by atoms with Gasteiger partial charge in [-0.25, -0.2) is 0 Å². The van der Waals surface area contributed by atoms with Crippen LogP contribution in [-0.2, 0) is 0 Å². The Balaban J connectivity index is 1.92. The summed E-state index contributed by atoms with van der Waals surface area (Å²) >= 11 is 2.59. The average molecular weight is 391 g/mol. The Morgan fingerprint density at radius 3 is 2.58 bits per heavy atom. The van der Waals surface area contributed by atoms with Crippen LogP contribution in [0.3, 0.4) is 0 Å². The maximum Gasteiger partial charge on any atom is 0.279 e. The molecule has 10 nitrogen and oxygen atoms in total. The number of carbonyl (C=O) groups is 1. The van der Waals surface area contributed by atoms with Crippen LogP contribution in [0.5, 0.6) is 0 Å². The van der Waals surface area contributed by atoms with Gasteiger partial charge >= 0.3 is 0 Å². The number of anilines is 1. The van der Waals surface area contributed by atoms with Crippen LogP contribution in [0.25, 0.3) is 9.88 Å². The van der Waals surface area contributed by atoms with Crippen molar-refractivity contribution in [3.63, 3.8) is 0 Å². The van der Waals surface area contributed by atoms with Crippen molar-refractivity contribution in [2.75, 3.05) is 5.32 Å². The third kappa shape index (κ3) is 3.41. The van der Waals surface area contributed by atoms with E-state index in [4.69, 9.17) is 0 Å². The van der Waals surface area contributed by atoms with Gasteiger partial charge in [0.05, 0.1) is 26.4 Å². The maximum absolute atomic E-state index is 12.5. The molecule has 0 aliphatic heterocycles. The first-order chi connectivity index (χ1) is 12.4. The zero-order chi connectivity index (χ0) is 18.8. The summed E-state index contributed by atoms with van der Waals surface area (Å²) in [6, 6.07) is 5.53. The first-order valence-corrected chi connectivity index (χ1v) is 8.68. The molecule has 12 heteroatoms. The zero-order valence-corrected chi connectivity index (χ0v) is 14.7. The highest BCUT2D eigenvalue weighted by Gasteiger charge is 2.25. The molecule has 0 aliphatic rings. The molecule has 3 rings (SSSR count). The van der Waals surface area contributed by atoms with Gasteiger partial charge in [-0.15, -0.1) is 21.5 Å². The van der Waals surface area contributed by atoms with E-state index in [0.717, 1.165) is 28.3 Å². The van der Waals surface area contributed by atoms with Crippen molar-refractivity contribution in [2.24, 2.45) is 0 Å². The van der Waals surface area contributed by atoms with Crippen molar-refractivity contribution in [3.8, 4) is 9.88 Å². The molecule has 0 radical (unpaired) electrons. The standard InChI is InChI=1S/C14H9N5O5S2/c1-7-9(5-8(18(21)22)6-10(7)19(23)24)12(20)15-14-17-16-13(26-14)11-3-2-4-25-11/h2-6H,1H3,(H,15,17,20). The molecule has 0 atom stereocenters. The fraction of sp³-hybridized carbons (Fsp3) is 0.0714. The van der Waals surface area contributed by atoms with Crippen molar-refractivity contribution in [3.05, 3.63) is 61.0 Å². The monoisotopic (exact) mass is 391 g/mol. The summed E-state index contributed by atoms with van der Waals surface area (Å²) in [6.45, 7) is 1.36. The lowest BCUT2D eigenvalue weighted by Crippen LogP contribution is -2.14. The highest BCUT2D eigenvalue weighted by atomic mass is 32.1. The summed E-state index contributed by atoms with van der Waals surface area (Å²) in [5, 5.41) is 35.1. The minimum atomic E-state index is -0.789. The van der Waals surface area contributed by atoms with Crippen LogP contribution in [0.15, 0.2) is 29.6 Å². The molecule has 0 bridgehead atoms. The second-order valence-electron chi connectivity index (χ2n) is 5.00. The first kappa shape index (κ1) is 17.6. The Labute approximate surface area is 153 Å². The van der Waals surface area contributed by atoms with Gasteiger partial charge in [0.25, 0.3) is 17.3 Å². The highest BCUT2D eigenvalue weighted by Crippen LogP contribution is 2.31. The third-order valence-corrected chi connectivity index (χ3v) is 5.27. The number of hydrogen-bond donors (Lipinski definition) is 1. The smallest absolute Gasteiger partial charge is 0.279 e. The molecule has 0 saturated carbocycles. The second-order valence-corrected chi connectivity index (χ2v) is 6.92. The lowest BCUT2D eigenvalue weighted by atomic mass is 10.0. The number of thiophene rings is 1. The Morgan fingerprint density at radius 2 is 1.96 bits per heavy atom. The van der Waals surface area contributed by atoms with Crippen molar-refractivity contribution in [1.29, 1.82) is 0 Å². The van der Waals surface area contributed by atoms with E-state index in [1.165, 1.54) is 18.3 Å². The molecule has 0 fully saturated rings. The summed E-state index contributed by atoms with van der Waals surface area (Å²) in [6.07, 6.45) is 0. The van der Waals surface area contributed by atoms with E-state index in [2.05, 4.69) is 15.5 Å². The summed E-state index contributed by atoms with van der Waals surface area (Å²) < 4.78 is 0. The summed E-state index contributed by atoms with van der Waals surface area (Å²) in [5.41, 5.74) is -1.18. The summed E-state index contributed by atoms with van der Waals surface area (Å²) in [5.74, 6) is -0.733. The Morgan fingerprint density at radius 1 is 1.19 bits per heavy atom. The van der Waals surface area contributed by atoms with E-state index in [9.17, 15) is 25.0 Å². The second kappa shape index (κ2) is 6.93. The van der Waals surface area contributed by atoms with Gasteiger partial charge in [-0.2, -0.15) is 0 Å². The molecule has 0 aliphatic carbocycles. The van der Waals surface area contributed by atoms with Crippen LogP contribution in [0.2, 0.25) is 0 Å². The van der Waals surface area contributed by atoms with Gasteiger partial charge in [0.2, 0.25) is 5.13 Å². The molecule has 2 aromatic heterocycles. The number of nitro groups is 2. The van der Waals surface area contributed by atoms with Crippen molar-refractivity contribution in [1.82, 2.24) is 10.2 Å². The molecule has 1 aromatic carbocycles. The van der Waals surface area contributed by atoms with Crippen molar-refractivity contribution < 1.29 is 14.6 Å². The van der Waals surface area contributed by atoms with Gasteiger partial charge in [0.15, 0.2) is 5.01 Å². The van der Waals surface area contributed by atoms with Gasteiger partial charge in [-0.3, -0.25) is 30.3 Å². The van der Waals surface area contributed by atoms with Crippen LogP contribution in [-0.4, -0.2) is 26.0 Å². The maximum atomic E-state index is 12.5. The molecule has 0 unspecified atom stereocenters. The number of carbonyl (C=O) groups excluding carboxylic acids is 1. The highest BCUT2D eigenvalue weighted by molar-refractivity contribution is 7.23. The van der Waals surface area contributed by atoms with Crippen LogP contribution >= 0.6 is 22.7 Å². The van der Waals surface area contributed by atoms with Crippen molar-refractivity contribution >= 4 is 45.1 Å². The van der Waals surface area contributed by atoms with Crippen LogP contribution < -0.4 is 5.32 Å². The lowest BCUT2D eigenvalue weighted by molar-refractivity contribution is -0.394. The van der Waals surface area contributed by atoms with E-state index in [0.29, 0.717) is 5.01 Å². The number of amides is 1. The number of non-ortho nitro benzene ring substituents is 1. The van der Waals surface area contributed by atoms with Gasteiger partial charge in [-0.05, 0) is 18.4 Å². The third-order valence-electron chi connectivity index (χ3n) is 3.39. The lowest BCUT2D eigenvalue weighted by Gasteiger charge is -2.06. The predicted molar refractivity (Wildman–Crippen MR) is 95.7 cm³/mol. The Hall–Kier alpha value is -3.25. The van der Waals surface area contributed by atoms with Crippen LogP contribution in [0.1, 0.15) is 15.9 Å². The Kier molecular flexibility index (Phi) is 4.69. The number of nitrogens with one attached hydrogen (secondary N) is 1. The van der Waals surface area contributed by atoms with Gasteiger partial charge in [-0.1, -0.05) is 17.4 Å². The SMILES string of the molecule is Cc1c(C(=O)Nc2nnc(-c3cccs3)s2)cc([N+](=O)[O-])cc1[N+](=O)[O-]. The van der Waals surface area contributed by atoms with Crippen molar-refractivity contribution in [2.45, 2.75) is 6.92 Å². The summed E-state index contributed by atoms with van der Waals surface area (Å²) in [4.78, 5) is 33.9. The predicted octanol–water partition coefficient (Wildman–Crippen LogP) is 3.64. The minimum Gasteiger partial charge on any atom is -0.296 e. The van der Waals surface area contributed by atoms with Gasteiger partial charge in [0.1, 0.15) is 0 Å². The number of nitrogens with zero attached hydrogens (tertiary/aromatic N) is 4. The zero-order valence-electron chi connectivity index (χ0n) is 13.0. The largest absolute Gasteiger partial charge is 0.296 e. The van der Waals surface area contributed by atoms with Crippen LogP contribution in [0, 0.1) is 27.2 Å². The molecule has 26 heavy (non-hydrogen) atoms. The first-order valence-electron chi connectivity index (χ1n) is 6.99. The number of nitro benzene ring substituents is 2. The fourth-order valence-electron chi connectivity index (χ4n) is 2.15. The molecule has 2 heterocycles. The normalized spacial score (nSPS) is 10.5. The average Bonchev–Trinajstić information content (AvgIpc) is 3.25. The number of benzene rings is 1. The molecule has 0 saturated heterocycles. The molecule has 1 N–H and O–H groups in total. The molecular formula is C14H9N5O5S2.